The first kappa shape index (κ1) is 14.3. The van der Waals surface area contributed by atoms with Crippen molar-refractivity contribution >= 4 is 0 Å². The Morgan fingerprint density at radius 3 is 1.61 bits per heavy atom. The van der Waals surface area contributed by atoms with Crippen LogP contribution in [-0.2, 0) is 0 Å². The van der Waals surface area contributed by atoms with Crippen molar-refractivity contribution in [1.82, 2.24) is 0 Å². The van der Waals surface area contributed by atoms with Crippen LogP contribution in [0.4, 0.5) is 0 Å². The van der Waals surface area contributed by atoms with Gasteiger partial charge in [0, 0.05) is 5.92 Å². The minimum absolute atomic E-state index is 0.167. The first-order valence-corrected chi connectivity index (χ1v) is 8.05. The lowest BCUT2D eigenvalue weighted by molar-refractivity contribution is -0.118. The van der Waals surface area contributed by atoms with Crippen LogP contribution >= 0.6 is 0 Å². The highest BCUT2D eigenvalue weighted by molar-refractivity contribution is 4.96. The summed E-state index contributed by atoms with van der Waals surface area (Å²) in [6.07, 6.45) is 8.82. The molecule has 0 saturated heterocycles. The molecule has 0 heterocycles. The van der Waals surface area contributed by atoms with Gasteiger partial charge in [-0.1, -0.05) is 26.7 Å². The lowest BCUT2D eigenvalue weighted by atomic mass is 9.61. The first-order valence-electron chi connectivity index (χ1n) is 8.05. The number of aliphatic hydroxyl groups is 2. The quantitative estimate of drug-likeness (QED) is 0.807. The highest BCUT2D eigenvalue weighted by atomic mass is 16.3. The molecule has 2 heteroatoms. The first-order chi connectivity index (χ1) is 8.69. The molecule has 0 spiro atoms. The molecule has 4 unspecified atom stereocenters. The molecule has 0 aromatic heterocycles. The van der Waals surface area contributed by atoms with Crippen LogP contribution in [0.15, 0.2) is 0 Å². The van der Waals surface area contributed by atoms with Gasteiger partial charge in [0.05, 0.1) is 12.2 Å². The Balaban J connectivity index is 2.04. The van der Waals surface area contributed by atoms with Crippen LogP contribution in [0.3, 0.4) is 0 Å². The van der Waals surface area contributed by atoms with E-state index in [2.05, 4.69) is 13.8 Å². The van der Waals surface area contributed by atoms with Crippen LogP contribution in [0.2, 0.25) is 0 Å². The van der Waals surface area contributed by atoms with Gasteiger partial charge in [-0.3, -0.25) is 0 Å². The largest absolute Gasteiger partial charge is 0.392 e. The van der Waals surface area contributed by atoms with E-state index in [0.717, 1.165) is 25.7 Å². The number of rotatable bonds is 4. The molecule has 0 aliphatic heterocycles. The number of hydrogen-bond acceptors (Lipinski definition) is 2. The molecular weight excluding hydrogens is 224 g/mol. The molecule has 2 fully saturated rings. The van der Waals surface area contributed by atoms with Gasteiger partial charge in [0.25, 0.3) is 0 Å². The summed E-state index contributed by atoms with van der Waals surface area (Å²) in [5.41, 5.74) is 0. The second kappa shape index (κ2) is 6.38. The third-order valence-corrected chi connectivity index (χ3v) is 5.43. The molecule has 0 radical (unpaired) electrons. The lowest BCUT2D eigenvalue weighted by Gasteiger charge is -2.48. The van der Waals surface area contributed by atoms with Gasteiger partial charge in [0.2, 0.25) is 0 Å². The van der Waals surface area contributed by atoms with E-state index in [9.17, 15) is 10.2 Å². The molecule has 2 aliphatic rings. The third-order valence-electron chi connectivity index (χ3n) is 5.43. The molecule has 18 heavy (non-hydrogen) atoms. The zero-order chi connectivity index (χ0) is 13.1. The second-order valence-corrected chi connectivity index (χ2v) is 6.57. The van der Waals surface area contributed by atoms with Gasteiger partial charge < -0.3 is 10.2 Å². The molecule has 0 aromatic rings. The van der Waals surface area contributed by atoms with E-state index in [0.29, 0.717) is 17.8 Å². The Hall–Kier alpha value is -0.0800. The number of aliphatic hydroxyl groups excluding tert-OH is 2. The summed E-state index contributed by atoms with van der Waals surface area (Å²) in [5.74, 6) is 1.62. The van der Waals surface area contributed by atoms with Gasteiger partial charge in [-0.25, -0.2) is 0 Å². The van der Waals surface area contributed by atoms with Crippen LogP contribution in [0.1, 0.15) is 65.2 Å². The number of hydrogen-bond donors (Lipinski definition) is 2. The Morgan fingerprint density at radius 1 is 0.778 bits per heavy atom. The van der Waals surface area contributed by atoms with Gasteiger partial charge in [0.15, 0.2) is 0 Å². The average molecular weight is 254 g/mol. The van der Waals surface area contributed by atoms with Gasteiger partial charge in [-0.2, -0.15) is 0 Å². The maximum atomic E-state index is 10.6. The summed E-state index contributed by atoms with van der Waals surface area (Å²) in [5, 5.41) is 21.2. The molecule has 2 aliphatic carbocycles. The van der Waals surface area contributed by atoms with Gasteiger partial charge >= 0.3 is 0 Å². The predicted molar refractivity (Wildman–Crippen MR) is 74.3 cm³/mol. The fraction of sp³-hybridized carbons (Fsp3) is 1.00. The molecular formula is C16H30O2. The van der Waals surface area contributed by atoms with Crippen molar-refractivity contribution in [1.29, 1.82) is 0 Å². The summed E-state index contributed by atoms with van der Waals surface area (Å²) >= 11 is 0. The van der Waals surface area contributed by atoms with Crippen LogP contribution in [0, 0.1) is 23.7 Å². The van der Waals surface area contributed by atoms with E-state index < -0.39 is 0 Å². The standard InChI is InChI=1S/C16H30O2/c1-3-5-12-9-7-11-8-10-13(6-4-2)16(18)14(11)15(12)17/h11-18H,3-10H2,1-2H3/t11?,12-,13+,14?,15?,16?. The van der Waals surface area contributed by atoms with E-state index in [-0.39, 0.29) is 18.1 Å². The van der Waals surface area contributed by atoms with E-state index in [4.69, 9.17) is 0 Å². The van der Waals surface area contributed by atoms with Crippen LogP contribution in [-0.4, -0.2) is 22.4 Å². The summed E-state index contributed by atoms with van der Waals surface area (Å²) in [4.78, 5) is 0. The Kier molecular flexibility index (Phi) is 5.08. The topological polar surface area (TPSA) is 40.5 Å². The van der Waals surface area contributed by atoms with E-state index in [1.807, 2.05) is 0 Å². The van der Waals surface area contributed by atoms with Gasteiger partial charge in [-0.05, 0) is 56.3 Å². The number of fused-ring (bicyclic) bond motifs is 1. The van der Waals surface area contributed by atoms with E-state index in [1.165, 1.54) is 25.7 Å². The molecule has 106 valence electrons. The van der Waals surface area contributed by atoms with E-state index in [1.54, 1.807) is 0 Å². The maximum Gasteiger partial charge on any atom is 0.0623 e. The minimum atomic E-state index is -0.252. The smallest absolute Gasteiger partial charge is 0.0623 e. The van der Waals surface area contributed by atoms with Crippen LogP contribution < -0.4 is 0 Å². The van der Waals surface area contributed by atoms with Crippen molar-refractivity contribution in [2.45, 2.75) is 77.4 Å². The van der Waals surface area contributed by atoms with Crippen molar-refractivity contribution in [2.24, 2.45) is 23.7 Å². The van der Waals surface area contributed by atoms with Crippen molar-refractivity contribution in [3.05, 3.63) is 0 Å². The summed E-state index contributed by atoms with van der Waals surface area (Å²) in [6, 6.07) is 0. The third kappa shape index (κ3) is 2.75. The summed E-state index contributed by atoms with van der Waals surface area (Å²) < 4.78 is 0. The normalized spacial score (nSPS) is 44.7. The molecule has 2 saturated carbocycles. The Morgan fingerprint density at radius 2 is 1.22 bits per heavy atom. The molecule has 2 nitrogen and oxygen atoms in total. The van der Waals surface area contributed by atoms with Crippen molar-refractivity contribution < 1.29 is 10.2 Å². The average Bonchev–Trinajstić information content (AvgIpc) is 2.36. The van der Waals surface area contributed by atoms with Crippen molar-refractivity contribution in [2.75, 3.05) is 0 Å². The van der Waals surface area contributed by atoms with Crippen LogP contribution in [0.25, 0.3) is 0 Å². The van der Waals surface area contributed by atoms with Gasteiger partial charge in [-0.15, -0.1) is 0 Å². The summed E-state index contributed by atoms with van der Waals surface area (Å²) in [6.45, 7) is 4.38. The fourth-order valence-corrected chi connectivity index (χ4v) is 4.49. The zero-order valence-corrected chi connectivity index (χ0v) is 12.0. The highest BCUT2D eigenvalue weighted by Gasteiger charge is 2.46. The fourth-order valence-electron chi connectivity index (χ4n) is 4.49. The zero-order valence-electron chi connectivity index (χ0n) is 12.0. The second-order valence-electron chi connectivity index (χ2n) is 6.57. The van der Waals surface area contributed by atoms with Crippen LogP contribution in [0.5, 0.6) is 0 Å². The molecule has 2 rings (SSSR count). The predicted octanol–water partition coefficient (Wildman–Crippen LogP) is 3.36. The molecule has 0 aromatic carbocycles. The molecule has 2 N–H and O–H groups in total. The maximum absolute atomic E-state index is 10.6. The molecule has 0 bridgehead atoms. The van der Waals surface area contributed by atoms with E-state index >= 15 is 0 Å². The lowest BCUT2D eigenvalue weighted by Crippen LogP contribution is -2.50. The highest BCUT2D eigenvalue weighted by Crippen LogP contribution is 2.46. The minimum Gasteiger partial charge on any atom is -0.392 e. The Bertz CT molecular complexity index is 229. The molecule has 6 atom stereocenters. The SMILES string of the molecule is CCC[C@@H]1CCC2CC[C@H](CCC)C(O)C2C1O. The van der Waals surface area contributed by atoms with Gasteiger partial charge in [0.1, 0.15) is 0 Å². The summed E-state index contributed by atoms with van der Waals surface area (Å²) in [7, 11) is 0. The molecule has 0 amide bonds. The monoisotopic (exact) mass is 254 g/mol. The Labute approximate surface area is 112 Å². The van der Waals surface area contributed by atoms with Crippen molar-refractivity contribution in [3.8, 4) is 0 Å². The van der Waals surface area contributed by atoms with Crippen molar-refractivity contribution in [3.63, 3.8) is 0 Å².